The van der Waals surface area contributed by atoms with E-state index in [-0.39, 0.29) is 23.7 Å². The number of likely N-dealkylation sites (N-methyl/N-ethyl adjacent to an activating group) is 1. The van der Waals surface area contributed by atoms with E-state index < -0.39 is 27.8 Å². The predicted molar refractivity (Wildman–Crippen MR) is 96.9 cm³/mol. The molecule has 0 spiro atoms. The van der Waals surface area contributed by atoms with E-state index in [2.05, 4.69) is 0 Å². The maximum absolute atomic E-state index is 12.4. The van der Waals surface area contributed by atoms with Crippen molar-refractivity contribution in [1.82, 2.24) is 4.90 Å². The maximum atomic E-state index is 12.4. The molecular formula is C18H25NO6S. The smallest absolute Gasteiger partial charge is 0.338 e. The van der Waals surface area contributed by atoms with Crippen molar-refractivity contribution in [3.63, 3.8) is 0 Å². The van der Waals surface area contributed by atoms with Gasteiger partial charge in [0.25, 0.3) is 5.91 Å². The molecule has 2 rings (SSSR count). The molecule has 0 aliphatic carbocycles. The quantitative estimate of drug-likeness (QED) is 0.694. The molecule has 1 aliphatic heterocycles. The van der Waals surface area contributed by atoms with Gasteiger partial charge in [-0.1, -0.05) is 0 Å². The number of rotatable bonds is 6. The Labute approximate surface area is 154 Å². The van der Waals surface area contributed by atoms with Gasteiger partial charge >= 0.3 is 5.97 Å². The molecule has 2 atom stereocenters. The predicted octanol–water partition coefficient (Wildman–Crippen LogP) is 1.66. The van der Waals surface area contributed by atoms with Gasteiger partial charge in [0.1, 0.15) is 5.75 Å². The monoisotopic (exact) mass is 383 g/mol. The van der Waals surface area contributed by atoms with Crippen molar-refractivity contribution in [2.75, 3.05) is 18.6 Å². The lowest BCUT2D eigenvalue weighted by Crippen LogP contribution is -2.44. The molecule has 0 radical (unpaired) electrons. The van der Waals surface area contributed by atoms with Crippen molar-refractivity contribution in [2.24, 2.45) is 0 Å². The van der Waals surface area contributed by atoms with E-state index in [0.29, 0.717) is 17.7 Å². The Kier molecular flexibility index (Phi) is 6.28. The Hall–Kier alpha value is -2.09. The first-order valence-electron chi connectivity index (χ1n) is 8.54. The number of ether oxygens (including phenoxy) is 2. The Balaban J connectivity index is 1.94. The Morgan fingerprint density at radius 1 is 1.15 bits per heavy atom. The van der Waals surface area contributed by atoms with Crippen LogP contribution in [0.15, 0.2) is 24.3 Å². The van der Waals surface area contributed by atoms with E-state index in [0.717, 1.165) is 0 Å². The number of benzene rings is 1. The highest BCUT2D eigenvalue weighted by atomic mass is 32.2. The van der Waals surface area contributed by atoms with Crippen LogP contribution >= 0.6 is 0 Å². The number of esters is 1. The Bertz CT molecular complexity index is 756. The fourth-order valence-corrected chi connectivity index (χ4v) is 4.54. The van der Waals surface area contributed by atoms with Crippen molar-refractivity contribution < 1.29 is 27.5 Å². The summed E-state index contributed by atoms with van der Waals surface area (Å²) < 4.78 is 33.9. The van der Waals surface area contributed by atoms with Crippen LogP contribution < -0.4 is 4.74 Å². The van der Waals surface area contributed by atoms with E-state index in [1.54, 1.807) is 24.3 Å². The average Bonchev–Trinajstić information content (AvgIpc) is 2.93. The second-order valence-corrected chi connectivity index (χ2v) is 8.97. The lowest BCUT2D eigenvalue weighted by molar-refractivity contribution is -0.140. The zero-order valence-corrected chi connectivity index (χ0v) is 16.3. The highest BCUT2D eigenvalue weighted by Crippen LogP contribution is 2.19. The van der Waals surface area contributed by atoms with Gasteiger partial charge in [-0.05, 0) is 51.5 Å². The number of sulfone groups is 1. The summed E-state index contributed by atoms with van der Waals surface area (Å²) in [5.41, 5.74) is 0.312. The third kappa shape index (κ3) is 5.20. The SMILES string of the molecule is CC(C)Oc1ccc(C(=O)O[C@H](C)C(=O)N(C)[C@H]2CCS(=O)(=O)C2)cc1. The van der Waals surface area contributed by atoms with Gasteiger partial charge in [0, 0.05) is 13.1 Å². The number of nitrogens with zero attached hydrogens (tertiary/aromatic N) is 1. The van der Waals surface area contributed by atoms with Crippen LogP contribution in [-0.2, 0) is 19.4 Å². The Morgan fingerprint density at radius 3 is 2.27 bits per heavy atom. The minimum absolute atomic E-state index is 0.0281. The first-order valence-corrected chi connectivity index (χ1v) is 10.4. The lowest BCUT2D eigenvalue weighted by atomic mass is 10.2. The van der Waals surface area contributed by atoms with Crippen LogP contribution in [0.1, 0.15) is 37.6 Å². The molecule has 1 aromatic rings. The largest absolute Gasteiger partial charge is 0.491 e. The summed E-state index contributed by atoms with van der Waals surface area (Å²) in [6, 6.07) is 6.10. The molecule has 1 aromatic carbocycles. The molecule has 26 heavy (non-hydrogen) atoms. The molecule has 0 saturated carbocycles. The van der Waals surface area contributed by atoms with E-state index in [9.17, 15) is 18.0 Å². The van der Waals surface area contributed by atoms with E-state index in [1.165, 1.54) is 18.9 Å². The normalized spacial score (nSPS) is 19.8. The van der Waals surface area contributed by atoms with Crippen molar-refractivity contribution in [2.45, 2.75) is 45.4 Å². The van der Waals surface area contributed by atoms with Crippen LogP contribution in [0, 0.1) is 0 Å². The Morgan fingerprint density at radius 2 is 1.77 bits per heavy atom. The van der Waals surface area contributed by atoms with Gasteiger partial charge in [0.2, 0.25) is 0 Å². The number of amides is 1. The highest BCUT2D eigenvalue weighted by molar-refractivity contribution is 7.91. The minimum atomic E-state index is -3.09. The van der Waals surface area contributed by atoms with Gasteiger partial charge < -0.3 is 14.4 Å². The van der Waals surface area contributed by atoms with Crippen LogP contribution in [0.2, 0.25) is 0 Å². The van der Waals surface area contributed by atoms with Gasteiger partial charge in [0.05, 0.1) is 23.2 Å². The molecule has 8 heteroatoms. The van der Waals surface area contributed by atoms with Gasteiger partial charge in [-0.15, -0.1) is 0 Å². The molecule has 1 aliphatic rings. The van der Waals surface area contributed by atoms with Crippen LogP contribution in [0.4, 0.5) is 0 Å². The summed E-state index contributed by atoms with van der Waals surface area (Å²) in [7, 11) is -1.55. The molecule has 7 nitrogen and oxygen atoms in total. The summed E-state index contributed by atoms with van der Waals surface area (Å²) in [5.74, 6) is -0.362. The zero-order chi connectivity index (χ0) is 19.5. The van der Waals surface area contributed by atoms with Crippen molar-refractivity contribution in [3.05, 3.63) is 29.8 Å². The molecule has 0 N–H and O–H groups in total. The molecule has 1 saturated heterocycles. The highest BCUT2D eigenvalue weighted by Gasteiger charge is 2.35. The standard InChI is InChI=1S/C18H25NO6S/c1-12(2)24-16-7-5-14(6-8-16)18(21)25-13(3)17(20)19(4)15-9-10-26(22,23)11-15/h5-8,12-13,15H,9-11H2,1-4H3/t13-,15+/m1/s1. The summed E-state index contributed by atoms with van der Waals surface area (Å²) in [5, 5.41) is 0. The van der Waals surface area contributed by atoms with E-state index in [1.807, 2.05) is 13.8 Å². The first-order chi connectivity index (χ1) is 12.1. The molecule has 0 bridgehead atoms. The third-order valence-electron chi connectivity index (χ3n) is 4.20. The number of hydrogen-bond acceptors (Lipinski definition) is 6. The zero-order valence-electron chi connectivity index (χ0n) is 15.5. The van der Waals surface area contributed by atoms with Crippen LogP contribution in [0.5, 0.6) is 5.75 Å². The second kappa shape index (κ2) is 8.07. The van der Waals surface area contributed by atoms with Gasteiger partial charge in [-0.2, -0.15) is 0 Å². The summed E-state index contributed by atoms with van der Waals surface area (Å²) in [6.07, 6.45) is -0.564. The van der Waals surface area contributed by atoms with Gasteiger partial charge in [-0.25, -0.2) is 13.2 Å². The minimum Gasteiger partial charge on any atom is -0.491 e. The molecule has 144 valence electrons. The van der Waals surface area contributed by atoms with Gasteiger partial charge in [-0.3, -0.25) is 4.79 Å². The maximum Gasteiger partial charge on any atom is 0.338 e. The van der Waals surface area contributed by atoms with E-state index in [4.69, 9.17) is 9.47 Å². The number of carbonyl (C=O) groups excluding carboxylic acids is 2. The van der Waals surface area contributed by atoms with Crippen molar-refractivity contribution in [1.29, 1.82) is 0 Å². The summed E-state index contributed by atoms with van der Waals surface area (Å²) >= 11 is 0. The second-order valence-electron chi connectivity index (χ2n) is 6.74. The van der Waals surface area contributed by atoms with Crippen LogP contribution in [-0.4, -0.2) is 62.0 Å². The fourth-order valence-electron chi connectivity index (χ4n) is 2.77. The molecule has 1 fully saturated rings. The molecule has 0 unspecified atom stereocenters. The topological polar surface area (TPSA) is 90.0 Å². The summed E-state index contributed by atoms with van der Waals surface area (Å²) in [4.78, 5) is 26.0. The molecule has 0 aromatic heterocycles. The molecule has 1 amide bonds. The molecular weight excluding hydrogens is 358 g/mol. The molecule has 1 heterocycles. The fraction of sp³-hybridized carbons (Fsp3) is 0.556. The number of carbonyl (C=O) groups is 2. The van der Waals surface area contributed by atoms with E-state index >= 15 is 0 Å². The van der Waals surface area contributed by atoms with Gasteiger partial charge in [0.15, 0.2) is 15.9 Å². The van der Waals surface area contributed by atoms with Crippen LogP contribution in [0.3, 0.4) is 0 Å². The van der Waals surface area contributed by atoms with Crippen molar-refractivity contribution in [3.8, 4) is 5.75 Å². The van der Waals surface area contributed by atoms with Crippen LogP contribution in [0.25, 0.3) is 0 Å². The first kappa shape index (κ1) is 20.2. The average molecular weight is 383 g/mol. The summed E-state index contributed by atoms with van der Waals surface area (Å²) in [6.45, 7) is 5.29. The third-order valence-corrected chi connectivity index (χ3v) is 5.95. The van der Waals surface area contributed by atoms with Crippen molar-refractivity contribution >= 4 is 21.7 Å². The number of hydrogen-bond donors (Lipinski definition) is 0. The lowest BCUT2D eigenvalue weighted by Gasteiger charge is -2.26.